The highest BCUT2D eigenvalue weighted by Crippen LogP contribution is 2.40. The fraction of sp³-hybridized carbons (Fsp3) is 0.415. The first-order chi connectivity index (χ1) is 26.5. The average molecular weight is 764 g/mol. The molecule has 1 aliphatic carbocycles. The fourth-order valence-electron chi connectivity index (χ4n) is 8.46. The first-order valence-electron chi connectivity index (χ1n) is 19.0. The Morgan fingerprint density at radius 1 is 1.02 bits per heavy atom. The third-order valence-electron chi connectivity index (χ3n) is 11.9. The molecule has 14 heteroatoms. The molecule has 0 spiro atoms. The number of carboxylic acid groups (broad SMARTS) is 1. The number of carbonyl (C=O) groups excluding carboxylic acids is 1. The number of aliphatic carboxylic acids is 1. The first-order valence-corrected chi connectivity index (χ1v) is 19.3. The standard InChI is InChI=1S/C41H46ClN9O4/c1-24-28(6-4-8-30(24)46-37-36-32(44-23-45-37)18-25(19-43-36)20-50-16-12-27(52)21-50)29-7-5-9-31(35(29)42)48-39(53)38-47-33-22-51(17-13-34(33)49(38)3)26-10-14-41(2,15-11-26)40(54)55/h4-9,18-19,23,26-27,52H,10-17,20-22H2,1-3H3,(H,48,53)(H,54,55)(H,44,45,46)/t26?,27-,41?/m1/s1. The van der Waals surface area contributed by atoms with Crippen LogP contribution < -0.4 is 10.6 Å². The summed E-state index contributed by atoms with van der Waals surface area (Å²) >= 11 is 7.05. The summed E-state index contributed by atoms with van der Waals surface area (Å²) in [7, 11) is 1.88. The van der Waals surface area contributed by atoms with Crippen LogP contribution in [0.5, 0.6) is 0 Å². The van der Waals surface area contributed by atoms with Crippen molar-refractivity contribution >= 4 is 51.7 Å². The van der Waals surface area contributed by atoms with E-state index in [9.17, 15) is 19.8 Å². The van der Waals surface area contributed by atoms with Gasteiger partial charge in [-0.05, 0) is 80.8 Å². The van der Waals surface area contributed by atoms with Crippen LogP contribution in [0.3, 0.4) is 0 Å². The zero-order chi connectivity index (χ0) is 38.4. The highest BCUT2D eigenvalue weighted by atomic mass is 35.5. The van der Waals surface area contributed by atoms with Crippen molar-refractivity contribution in [3.8, 4) is 11.1 Å². The lowest BCUT2D eigenvalue weighted by atomic mass is 9.73. The molecule has 2 aliphatic heterocycles. The maximum absolute atomic E-state index is 13.8. The zero-order valence-electron chi connectivity index (χ0n) is 31.3. The summed E-state index contributed by atoms with van der Waals surface area (Å²) in [5.41, 5.74) is 7.62. The average Bonchev–Trinajstić information content (AvgIpc) is 3.74. The third-order valence-corrected chi connectivity index (χ3v) is 12.3. The minimum absolute atomic E-state index is 0.276. The Morgan fingerprint density at radius 3 is 2.53 bits per heavy atom. The molecule has 1 saturated heterocycles. The van der Waals surface area contributed by atoms with Crippen molar-refractivity contribution in [2.24, 2.45) is 12.5 Å². The van der Waals surface area contributed by atoms with E-state index < -0.39 is 11.4 Å². The molecule has 0 unspecified atom stereocenters. The minimum atomic E-state index is -0.713. The fourth-order valence-corrected chi connectivity index (χ4v) is 8.74. The van der Waals surface area contributed by atoms with Crippen LogP contribution in [0.1, 0.15) is 72.2 Å². The molecule has 286 valence electrons. The largest absolute Gasteiger partial charge is 0.481 e. The number of fused-ring (bicyclic) bond motifs is 2. The van der Waals surface area contributed by atoms with Gasteiger partial charge in [0.05, 0.1) is 33.4 Å². The van der Waals surface area contributed by atoms with Crippen LogP contribution in [0.25, 0.3) is 22.2 Å². The molecular formula is C41H46ClN9O4. The molecule has 0 radical (unpaired) electrons. The number of amides is 1. The summed E-state index contributed by atoms with van der Waals surface area (Å²) in [6.45, 7) is 7.57. The van der Waals surface area contributed by atoms with Crippen LogP contribution in [0.4, 0.5) is 17.2 Å². The first kappa shape index (κ1) is 37.0. The van der Waals surface area contributed by atoms with Crippen molar-refractivity contribution in [3.05, 3.63) is 88.4 Å². The van der Waals surface area contributed by atoms with E-state index in [0.29, 0.717) is 66.4 Å². The molecule has 1 saturated carbocycles. The van der Waals surface area contributed by atoms with Gasteiger partial charge in [0.1, 0.15) is 11.8 Å². The van der Waals surface area contributed by atoms with E-state index in [0.717, 1.165) is 83.6 Å². The van der Waals surface area contributed by atoms with Crippen LogP contribution in [-0.4, -0.2) is 88.2 Å². The Kier molecular flexibility index (Phi) is 10.1. The number of likely N-dealkylation sites (tertiary alicyclic amines) is 1. The van der Waals surface area contributed by atoms with Gasteiger partial charge in [-0.1, -0.05) is 35.9 Å². The molecule has 1 atom stereocenters. The van der Waals surface area contributed by atoms with Gasteiger partial charge in [0, 0.05) is 75.4 Å². The number of hydrogen-bond acceptors (Lipinski definition) is 10. The molecule has 8 rings (SSSR count). The molecule has 2 aromatic carbocycles. The third kappa shape index (κ3) is 7.29. The number of anilines is 3. The van der Waals surface area contributed by atoms with E-state index in [1.165, 1.54) is 6.33 Å². The molecule has 0 bridgehead atoms. The second-order valence-electron chi connectivity index (χ2n) is 15.5. The van der Waals surface area contributed by atoms with E-state index in [2.05, 4.69) is 30.4 Å². The number of β-amino-alcohol motifs (C(OH)–C–C–N with tert-alkyl or cyclic N) is 1. The number of aliphatic hydroxyl groups is 1. The van der Waals surface area contributed by atoms with Crippen molar-refractivity contribution in [2.45, 2.75) is 77.6 Å². The van der Waals surface area contributed by atoms with Gasteiger partial charge in [0.2, 0.25) is 0 Å². The molecule has 1 amide bonds. The SMILES string of the molecule is Cc1c(Nc2ncnc3cc(CN4CC[C@@H](O)C4)cnc23)cccc1-c1cccc(NC(=O)c2nc3c(n2C)CCN(C2CCC(C)(C(=O)O)CC2)C3)c1Cl. The number of hydrogen-bond donors (Lipinski definition) is 4. The molecule has 3 aliphatic rings. The number of nitrogens with one attached hydrogen (secondary N) is 2. The Labute approximate surface area is 324 Å². The van der Waals surface area contributed by atoms with E-state index >= 15 is 0 Å². The maximum atomic E-state index is 13.8. The lowest BCUT2D eigenvalue weighted by Crippen LogP contribution is -2.44. The summed E-state index contributed by atoms with van der Waals surface area (Å²) in [5, 5.41) is 26.5. The number of nitrogens with zero attached hydrogens (tertiary/aromatic N) is 7. The Balaban J connectivity index is 0.975. The number of rotatable bonds is 9. The van der Waals surface area contributed by atoms with Gasteiger partial charge in [-0.15, -0.1) is 0 Å². The maximum Gasteiger partial charge on any atom is 0.309 e. The topological polar surface area (TPSA) is 162 Å². The van der Waals surface area contributed by atoms with Gasteiger partial charge in [-0.2, -0.15) is 0 Å². The molecule has 3 aromatic heterocycles. The monoisotopic (exact) mass is 763 g/mol. The second kappa shape index (κ2) is 14.9. The summed E-state index contributed by atoms with van der Waals surface area (Å²) in [5.74, 6) is -0.143. The minimum Gasteiger partial charge on any atom is -0.481 e. The number of aromatic nitrogens is 5. The van der Waals surface area contributed by atoms with Gasteiger partial charge in [0.25, 0.3) is 5.91 Å². The smallest absolute Gasteiger partial charge is 0.309 e. The van der Waals surface area contributed by atoms with Crippen LogP contribution >= 0.6 is 11.6 Å². The van der Waals surface area contributed by atoms with Gasteiger partial charge in [-0.3, -0.25) is 24.4 Å². The Morgan fingerprint density at radius 2 is 1.78 bits per heavy atom. The van der Waals surface area contributed by atoms with Crippen molar-refractivity contribution < 1.29 is 19.8 Å². The molecule has 55 heavy (non-hydrogen) atoms. The number of halogens is 1. The predicted octanol–water partition coefficient (Wildman–Crippen LogP) is 6.34. The van der Waals surface area contributed by atoms with Crippen molar-refractivity contribution in [1.82, 2.24) is 34.3 Å². The normalized spacial score (nSPS) is 21.8. The van der Waals surface area contributed by atoms with Crippen LogP contribution in [0, 0.1) is 12.3 Å². The van der Waals surface area contributed by atoms with E-state index in [1.807, 2.05) is 68.1 Å². The highest BCUT2D eigenvalue weighted by Gasteiger charge is 2.40. The summed E-state index contributed by atoms with van der Waals surface area (Å²) in [6.07, 6.45) is 7.66. The van der Waals surface area contributed by atoms with Crippen LogP contribution in [0.15, 0.2) is 55.0 Å². The van der Waals surface area contributed by atoms with Crippen molar-refractivity contribution in [2.75, 3.05) is 30.3 Å². The van der Waals surface area contributed by atoms with Gasteiger partial charge in [-0.25, -0.2) is 15.0 Å². The Hall–Kier alpha value is -4.95. The molecule has 13 nitrogen and oxygen atoms in total. The van der Waals surface area contributed by atoms with Crippen molar-refractivity contribution in [1.29, 1.82) is 0 Å². The highest BCUT2D eigenvalue weighted by molar-refractivity contribution is 6.36. The zero-order valence-corrected chi connectivity index (χ0v) is 32.1. The van der Waals surface area contributed by atoms with E-state index in [-0.39, 0.29) is 12.0 Å². The van der Waals surface area contributed by atoms with Gasteiger partial charge < -0.3 is 25.4 Å². The van der Waals surface area contributed by atoms with E-state index in [1.54, 1.807) is 6.07 Å². The molecule has 5 heterocycles. The molecule has 2 fully saturated rings. The number of pyridine rings is 1. The lowest BCUT2D eigenvalue weighted by Gasteiger charge is -2.41. The number of aliphatic hydroxyl groups excluding tert-OH is 1. The summed E-state index contributed by atoms with van der Waals surface area (Å²) in [4.78, 5) is 48.7. The Bertz CT molecular complexity index is 2290. The molecule has 5 aromatic rings. The number of imidazole rings is 1. The summed E-state index contributed by atoms with van der Waals surface area (Å²) < 4.78 is 1.88. The molecule has 4 N–H and O–H groups in total. The number of benzene rings is 2. The van der Waals surface area contributed by atoms with E-state index in [4.69, 9.17) is 21.6 Å². The predicted molar refractivity (Wildman–Crippen MR) is 211 cm³/mol. The number of carboxylic acids is 1. The second-order valence-corrected chi connectivity index (χ2v) is 15.9. The quantitative estimate of drug-likeness (QED) is 0.133. The molecular weight excluding hydrogens is 718 g/mol. The summed E-state index contributed by atoms with van der Waals surface area (Å²) in [6, 6.07) is 13.9. The number of carbonyl (C=O) groups is 2. The van der Waals surface area contributed by atoms with Crippen LogP contribution in [0.2, 0.25) is 5.02 Å². The van der Waals surface area contributed by atoms with Crippen LogP contribution in [-0.2, 0) is 31.4 Å². The van der Waals surface area contributed by atoms with Gasteiger partial charge in [0.15, 0.2) is 11.6 Å². The van der Waals surface area contributed by atoms with Crippen molar-refractivity contribution in [3.63, 3.8) is 0 Å². The lowest BCUT2D eigenvalue weighted by molar-refractivity contribution is -0.150. The van der Waals surface area contributed by atoms with Gasteiger partial charge >= 0.3 is 5.97 Å².